The number of aliphatic carboxylic acids is 1. The molecule has 0 spiro atoms. The van der Waals surface area contributed by atoms with Gasteiger partial charge in [-0.2, -0.15) is 0 Å². The number of rotatable bonds is 7. The molecule has 0 bridgehead atoms. The molecule has 2 N–H and O–H groups in total. The Labute approximate surface area is 137 Å². The number of esters is 1. The molecule has 1 rings (SSSR count). The van der Waals surface area contributed by atoms with Crippen molar-refractivity contribution in [2.45, 2.75) is 26.3 Å². The molecule has 0 saturated carbocycles. The SMILES string of the molecule is CCOC(=O)C[C@@H](C)[C@H](NC(=O)c1cccc(Br)c1)C(=O)O. The maximum atomic E-state index is 12.1. The molecule has 0 heterocycles. The number of nitrogens with one attached hydrogen (secondary N) is 1. The smallest absolute Gasteiger partial charge is 0.326 e. The third kappa shape index (κ3) is 5.48. The van der Waals surface area contributed by atoms with Gasteiger partial charge in [0.2, 0.25) is 0 Å². The van der Waals surface area contributed by atoms with Crippen molar-refractivity contribution in [3.63, 3.8) is 0 Å². The van der Waals surface area contributed by atoms with Crippen molar-refractivity contribution in [3.8, 4) is 0 Å². The molecular formula is C15H18BrNO5. The number of ether oxygens (including phenoxy) is 1. The lowest BCUT2D eigenvalue weighted by molar-refractivity contribution is -0.145. The van der Waals surface area contributed by atoms with Crippen LogP contribution in [0.5, 0.6) is 0 Å². The predicted octanol–water partition coefficient (Wildman–Crippen LogP) is 2.22. The summed E-state index contributed by atoms with van der Waals surface area (Å²) in [4.78, 5) is 34.9. The summed E-state index contributed by atoms with van der Waals surface area (Å²) >= 11 is 3.25. The molecule has 0 saturated heterocycles. The van der Waals surface area contributed by atoms with E-state index in [1.807, 2.05) is 0 Å². The van der Waals surface area contributed by atoms with E-state index in [2.05, 4.69) is 21.2 Å². The summed E-state index contributed by atoms with van der Waals surface area (Å²) in [5, 5.41) is 11.7. The number of hydrogen-bond donors (Lipinski definition) is 2. The number of amides is 1. The van der Waals surface area contributed by atoms with Crippen LogP contribution in [-0.2, 0) is 14.3 Å². The average Bonchev–Trinajstić information content (AvgIpc) is 2.44. The summed E-state index contributed by atoms with van der Waals surface area (Å²) in [6.07, 6.45) is -0.0798. The summed E-state index contributed by atoms with van der Waals surface area (Å²) in [6.45, 7) is 3.48. The molecule has 1 amide bonds. The highest BCUT2D eigenvalue weighted by Gasteiger charge is 2.29. The number of hydrogen-bond acceptors (Lipinski definition) is 4. The van der Waals surface area contributed by atoms with Gasteiger partial charge in [0.25, 0.3) is 5.91 Å². The summed E-state index contributed by atoms with van der Waals surface area (Å²) in [6, 6.07) is 5.43. The fourth-order valence-electron chi connectivity index (χ4n) is 1.90. The Bertz CT molecular complexity index is 561. The lowest BCUT2D eigenvalue weighted by Gasteiger charge is -2.20. The van der Waals surface area contributed by atoms with E-state index < -0.39 is 29.8 Å². The molecule has 7 heteroatoms. The highest BCUT2D eigenvalue weighted by atomic mass is 79.9. The highest BCUT2D eigenvalue weighted by molar-refractivity contribution is 9.10. The van der Waals surface area contributed by atoms with Crippen LogP contribution in [0.25, 0.3) is 0 Å². The largest absolute Gasteiger partial charge is 0.480 e. The minimum Gasteiger partial charge on any atom is -0.480 e. The topological polar surface area (TPSA) is 92.7 Å². The number of carboxylic acids is 1. The highest BCUT2D eigenvalue weighted by Crippen LogP contribution is 2.14. The molecule has 0 radical (unpaired) electrons. The van der Waals surface area contributed by atoms with Gasteiger partial charge in [-0.25, -0.2) is 4.79 Å². The summed E-state index contributed by atoms with van der Waals surface area (Å²) < 4.78 is 5.51. The van der Waals surface area contributed by atoms with E-state index in [0.29, 0.717) is 10.0 Å². The quantitative estimate of drug-likeness (QED) is 0.716. The molecule has 0 aliphatic heterocycles. The molecule has 0 fully saturated rings. The zero-order chi connectivity index (χ0) is 16.7. The molecule has 6 nitrogen and oxygen atoms in total. The first-order valence-corrected chi connectivity index (χ1v) is 7.59. The van der Waals surface area contributed by atoms with Crippen LogP contribution >= 0.6 is 15.9 Å². The maximum absolute atomic E-state index is 12.1. The molecule has 0 unspecified atom stereocenters. The van der Waals surface area contributed by atoms with Crippen molar-refractivity contribution < 1.29 is 24.2 Å². The maximum Gasteiger partial charge on any atom is 0.326 e. The van der Waals surface area contributed by atoms with Crippen LogP contribution in [0.4, 0.5) is 0 Å². The van der Waals surface area contributed by atoms with Crippen LogP contribution in [0.15, 0.2) is 28.7 Å². The Morgan fingerprint density at radius 1 is 1.36 bits per heavy atom. The summed E-state index contributed by atoms with van der Waals surface area (Å²) in [5.41, 5.74) is 0.337. The lowest BCUT2D eigenvalue weighted by atomic mass is 9.98. The Balaban J connectivity index is 2.77. The van der Waals surface area contributed by atoms with Gasteiger partial charge in [-0.05, 0) is 31.0 Å². The lowest BCUT2D eigenvalue weighted by Crippen LogP contribution is -2.45. The predicted molar refractivity (Wildman–Crippen MR) is 83.4 cm³/mol. The minimum atomic E-state index is -1.19. The normalized spacial score (nSPS) is 13.0. The van der Waals surface area contributed by atoms with E-state index in [4.69, 9.17) is 4.74 Å². The monoisotopic (exact) mass is 371 g/mol. The van der Waals surface area contributed by atoms with Gasteiger partial charge in [0.1, 0.15) is 6.04 Å². The number of halogens is 1. The van der Waals surface area contributed by atoms with Crippen molar-refractivity contribution in [1.82, 2.24) is 5.32 Å². The Morgan fingerprint density at radius 2 is 2.05 bits per heavy atom. The van der Waals surface area contributed by atoms with Gasteiger partial charge >= 0.3 is 11.9 Å². The third-order valence-corrected chi connectivity index (χ3v) is 3.50. The Morgan fingerprint density at radius 3 is 2.59 bits per heavy atom. The van der Waals surface area contributed by atoms with Gasteiger partial charge in [-0.15, -0.1) is 0 Å². The van der Waals surface area contributed by atoms with Crippen LogP contribution in [0.1, 0.15) is 30.6 Å². The van der Waals surface area contributed by atoms with E-state index in [0.717, 1.165) is 0 Å². The fraction of sp³-hybridized carbons (Fsp3) is 0.400. The molecule has 120 valence electrons. The van der Waals surface area contributed by atoms with E-state index in [-0.39, 0.29) is 13.0 Å². The molecule has 1 aromatic carbocycles. The van der Waals surface area contributed by atoms with Gasteiger partial charge in [0.15, 0.2) is 0 Å². The molecule has 2 atom stereocenters. The van der Waals surface area contributed by atoms with Crippen LogP contribution in [0.2, 0.25) is 0 Å². The summed E-state index contributed by atoms with van der Waals surface area (Å²) in [7, 11) is 0. The van der Waals surface area contributed by atoms with Gasteiger partial charge in [0.05, 0.1) is 13.0 Å². The summed E-state index contributed by atoms with van der Waals surface area (Å²) in [5.74, 6) is -2.78. The van der Waals surface area contributed by atoms with Gasteiger partial charge in [-0.1, -0.05) is 28.9 Å². The third-order valence-electron chi connectivity index (χ3n) is 3.00. The Kier molecular flexibility index (Phi) is 7.04. The number of carbonyl (C=O) groups is 3. The van der Waals surface area contributed by atoms with Gasteiger partial charge in [0, 0.05) is 10.0 Å². The second-order valence-corrected chi connectivity index (χ2v) is 5.70. The van der Waals surface area contributed by atoms with Crippen molar-refractivity contribution in [1.29, 1.82) is 0 Å². The molecular weight excluding hydrogens is 354 g/mol. The zero-order valence-corrected chi connectivity index (χ0v) is 13.9. The first kappa shape index (κ1) is 18.2. The van der Waals surface area contributed by atoms with Crippen LogP contribution in [-0.4, -0.2) is 35.6 Å². The van der Waals surface area contributed by atoms with Crippen LogP contribution < -0.4 is 5.32 Å². The molecule has 0 aliphatic carbocycles. The molecule has 0 aliphatic rings. The van der Waals surface area contributed by atoms with E-state index in [1.54, 1.807) is 38.1 Å². The molecule has 0 aromatic heterocycles. The fourth-order valence-corrected chi connectivity index (χ4v) is 2.30. The van der Waals surface area contributed by atoms with Crippen molar-refractivity contribution in [2.24, 2.45) is 5.92 Å². The Hall–Kier alpha value is -1.89. The van der Waals surface area contributed by atoms with Crippen molar-refractivity contribution in [2.75, 3.05) is 6.61 Å². The molecule has 22 heavy (non-hydrogen) atoms. The molecule has 1 aromatic rings. The standard InChI is InChI=1S/C15H18BrNO5/c1-3-22-12(18)7-9(2)13(15(20)21)17-14(19)10-5-4-6-11(16)8-10/h4-6,8-9,13H,3,7H2,1-2H3,(H,17,19)(H,20,21)/t9-,13+/m1/s1. The number of benzene rings is 1. The average molecular weight is 372 g/mol. The van der Waals surface area contributed by atoms with Crippen molar-refractivity contribution >= 4 is 33.8 Å². The second kappa shape index (κ2) is 8.53. The number of carbonyl (C=O) groups excluding carboxylic acids is 2. The minimum absolute atomic E-state index is 0.0798. The van der Waals surface area contributed by atoms with Gasteiger partial charge < -0.3 is 15.2 Å². The zero-order valence-electron chi connectivity index (χ0n) is 12.3. The van der Waals surface area contributed by atoms with Crippen LogP contribution in [0.3, 0.4) is 0 Å². The number of carboxylic acid groups (broad SMARTS) is 1. The first-order chi connectivity index (χ1) is 10.3. The second-order valence-electron chi connectivity index (χ2n) is 4.79. The van der Waals surface area contributed by atoms with E-state index in [1.165, 1.54) is 0 Å². The van der Waals surface area contributed by atoms with Gasteiger partial charge in [-0.3, -0.25) is 9.59 Å². The van der Waals surface area contributed by atoms with Crippen LogP contribution in [0, 0.1) is 5.92 Å². The van der Waals surface area contributed by atoms with Crippen molar-refractivity contribution in [3.05, 3.63) is 34.3 Å². The van der Waals surface area contributed by atoms with E-state index >= 15 is 0 Å². The first-order valence-electron chi connectivity index (χ1n) is 6.80. The van der Waals surface area contributed by atoms with E-state index in [9.17, 15) is 19.5 Å².